The first-order valence-electron chi connectivity index (χ1n) is 5.93. The lowest BCUT2D eigenvalue weighted by atomic mass is 10.0. The largest absolute Gasteiger partial charge is 0.357 e. The van der Waals surface area contributed by atoms with Crippen LogP contribution in [0.5, 0.6) is 0 Å². The number of imidazole rings is 1. The Kier molecular flexibility index (Phi) is 1.93. The van der Waals surface area contributed by atoms with Crippen molar-refractivity contribution in [2.24, 2.45) is 0 Å². The zero-order valence-electron chi connectivity index (χ0n) is 11.2. The monoisotopic (exact) mass is 250 g/mol. The summed E-state index contributed by atoms with van der Waals surface area (Å²) in [5.74, 6) is 0. The summed E-state index contributed by atoms with van der Waals surface area (Å²) in [6.07, 6.45) is 0. The Morgan fingerprint density at radius 3 is 2.41 bits per heavy atom. The summed E-state index contributed by atoms with van der Waals surface area (Å²) in [7, 11) is 0. The summed E-state index contributed by atoms with van der Waals surface area (Å²) in [6.45, 7) is 12.7. The highest BCUT2D eigenvalue weighted by molar-refractivity contribution is 7.17. The lowest BCUT2D eigenvalue weighted by molar-refractivity contribution is -0.108. The molecule has 17 heavy (non-hydrogen) atoms. The highest BCUT2D eigenvalue weighted by Crippen LogP contribution is 2.47. The van der Waals surface area contributed by atoms with E-state index >= 15 is 0 Å². The van der Waals surface area contributed by atoms with Crippen molar-refractivity contribution in [3.63, 3.8) is 0 Å². The van der Waals surface area contributed by atoms with E-state index in [9.17, 15) is 0 Å². The van der Waals surface area contributed by atoms with Crippen LogP contribution in [0.4, 0.5) is 0 Å². The van der Waals surface area contributed by atoms with Crippen molar-refractivity contribution in [1.82, 2.24) is 9.38 Å². The summed E-state index contributed by atoms with van der Waals surface area (Å²) in [4.78, 5) is 7.20. The summed E-state index contributed by atoms with van der Waals surface area (Å²) < 4.78 is 8.41. The molecule has 92 valence electrons. The molecule has 0 spiro atoms. The second kappa shape index (κ2) is 2.93. The standard InChI is InChI=1S/C13H18N2OS/c1-7-8(2)17-11-14-9-10(15(7)11)13(5,6)16-12(9,3)4/h1-6H3. The quantitative estimate of drug-likeness (QED) is 0.715. The van der Waals surface area contributed by atoms with Crippen molar-refractivity contribution in [3.8, 4) is 0 Å². The van der Waals surface area contributed by atoms with Gasteiger partial charge in [0.25, 0.3) is 0 Å². The van der Waals surface area contributed by atoms with Crippen molar-refractivity contribution in [1.29, 1.82) is 0 Å². The zero-order chi connectivity index (χ0) is 12.6. The smallest absolute Gasteiger partial charge is 0.194 e. The SMILES string of the molecule is Cc1sc2nc3c(n2c1C)C(C)(C)OC3(C)C. The van der Waals surface area contributed by atoms with Gasteiger partial charge < -0.3 is 4.74 Å². The van der Waals surface area contributed by atoms with Crippen LogP contribution in [0.15, 0.2) is 0 Å². The molecule has 2 aromatic heterocycles. The normalized spacial score (nSPS) is 21.1. The van der Waals surface area contributed by atoms with Gasteiger partial charge in [0.05, 0.1) is 11.4 Å². The minimum absolute atomic E-state index is 0.267. The first-order valence-corrected chi connectivity index (χ1v) is 6.75. The molecule has 0 atom stereocenters. The summed E-state index contributed by atoms with van der Waals surface area (Å²) >= 11 is 1.76. The number of ether oxygens (including phenoxy) is 1. The third kappa shape index (κ3) is 1.28. The van der Waals surface area contributed by atoms with Crippen LogP contribution in [0.2, 0.25) is 0 Å². The number of hydrogen-bond donors (Lipinski definition) is 0. The average Bonchev–Trinajstić information content (AvgIpc) is 2.69. The maximum Gasteiger partial charge on any atom is 0.194 e. The molecule has 3 nitrogen and oxygen atoms in total. The van der Waals surface area contributed by atoms with Crippen LogP contribution in [0.3, 0.4) is 0 Å². The lowest BCUT2D eigenvalue weighted by Gasteiger charge is -2.24. The Balaban J connectivity index is 2.44. The number of rotatable bonds is 0. The van der Waals surface area contributed by atoms with Crippen LogP contribution in [0.25, 0.3) is 4.96 Å². The van der Waals surface area contributed by atoms with Crippen molar-refractivity contribution >= 4 is 16.3 Å². The second-order valence-corrected chi connectivity index (χ2v) is 6.97. The van der Waals surface area contributed by atoms with E-state index in [1.807, 2.05) is 0 Å². The number of fused-ring (bicyclic) bond motifs is 3. The molecule has 0 unspecified atom stereocenters. The number of aryl methyl sites for hydroxylation is 2. The lowest BCUT2D eigenvalue weighted by Crippen LogP contribution is -2.24. The molecule has 0 saturated carbocycles. The molecule has 0 saturated heterocycles. The molecular formula is C13H18N2OS. The number of aromatic nitrogens is 2. The molecule has 2 aromatic rings. The van der Waals surface area contributed by atoms with Gasteiger partial charge in [0.1, 0.15) is 11.2 Å². The van der Waals surface area contributed by atoms with Gasteiger partial charge in [-0.05, 0) is 41.5 Å². The van der Waals surface area contributed by atoms with E-state index in [-0.39, 0.29) is 11.2 Å². The van der Waals surface area contributed by atoms with Gasteiger partial charge >= 0.3 is 0 Å². The zero-order valence-corrected chi connectivity index (χ0v) is 12.0. The summed E-state index contributed by atoms with van der Waals surface area (Å²) in [6, 6.07) is 0. The van der Waals surface area contributed by atoms with E-state index in [0.29, 0.717) is 0 Å². The maximum atomic E-state index is 6.14. The van der Waals surface area contributed by atoms with Gasteiger partial charge in [0.2, 0.25) is 0 Å². The Hall–Kier alpha value is -0.870. The van der Waals surface area contributed by atoms with Crippen molar-refractivity contribution in [2.45, 2.75) is 52.7 Å². The van der Waals surface area contributed by atoms with Gasteiger partial charge in [0.15, 0.2) is 4.96 Å². The van der Waals surface area contributed by atoms with Crippen LogP contribution in [-0.4, -0.2) is 9.38 Å². The molecule has 0 aliphatic carbocycles. The minimum atomic E-state index is -0.287. The van der Waals surface area contributed by atoms with Gasteiger partial charge in [-0.2, -0.15) is 0 Å². The second-order valence-electron chi connectivity index (χ2n) is 5.79. The van der Waals surface area contributed by atoms with Crippen LogP contribution < -0.4 is 0 Å². The molecular weight excluding hydrogens is 232 g/mol. The Bertz CT molecular complexity index is 619. The predicted octanol–water partition coefficient (Wildman–Crippen LogP) is 3.51. The summed E-state index contributed by atoms with van der Waals surface area (Å²) in [5, 5.41) is 0. The van der Waals surface area contributed by atoms with E-state index < -0.39 is 0 Å². The number of hydrogen-bond acceptors (Lipinski definition) is 3. The third-order valence-electron chi connectivity index (χ3n) is 3.59. The Morgan fingerprint density at radius 2 is 1.76 bits per heavy atom. The number of thiazole rings is 1. The van der Waals surface area contributed by atoms with E-state index in [1.54, 1.807) is 11.3 Å². The minimum Gasteiger partial charge on any atom is -0.357 e. The molecule has 0 aromatic carbocycles. The first kappa shape index (κ1) is 11.2. The average molecular weight is 250 g/mol. The fourth-order valence-corrected chi connectivity index (χ4v) is 3.83. The molecule has 0 fully saturated rings. The van der Waals surface area contributed by atoms with Gasteiger partial charge in [0, 0.05) is 10.6 Å². The highest BCUT2D eigenvalue weighted by atomic mass is 32.1. The molecule has 3 heterocycles. The maximum absolute atomic E-state index is 6.14. The van der Waals surface area contributed by atoms with E-state index in [2.05, 4.69) is 45.9 Å². The molecule has 0 bridgehead atoms. The topological polar surface area (TPSA) is 26.5 Å². The third-order valence-corrected chi connectivity index (χ3v) is 4.64. The van der Waals surface area contributed by atoms with Gasteiger partial charge in [-0.1, -0.05) is 0 Å². The highest BCUT2D eigenvalue weighted by Gasteiger charge is 2.47. The Labute approximate surface area is 105 Å². The molecule has 1 aliphatic rings. The molecule has 0 N–H and O–H groups in total. The van der Waals surface area contributed by atoms with Crippen molar-refractivity contribution < 1.29 is 4.74 Å². The molecule has 4 heteroatoms. The molecule has 0 amide bonds. The van der Waals surface area contributed by atoms with Gasteiger partial charge in [-0.3, -0.25) is 4.40 Å². The van der Waals surface area contributed by atoms with Gasteiger partial charge in [-0.25, -0.2) is 4.98 Å². The van der Waals surface area contributed by atoms with E-state index in [0.717, 1.165) is 10.7 Å². The summed E-state index contributed by atoms with van der Waals surface area (Å²) in [5.41, 5.74) is 3.05. The van der Waals surface area contributed by atoms with Crippen LogP contribution in [-0.2, 0) is 15.9 Å². The fourth-order valence-electron chi connectivity index (χ4n) is 2.86. The van der Waals surface area contributed by atoms with Crippen LogP contribution >= 0.6 is 11.3 Å². The fraction of sp³-hybridized carbons (Fsp3) is 0.615. The predicted molar refractivity (Wildman–Crippen MR) is 69.7 cm³/mol. The van der Waals surface area contributed by atoms with E-state index in [4.69, 9.17) is 9.72 Å². The van der Waals surface area contributed by atoms with Crippen LogP contribution in [0.1, 0.15) is 49.7 Å². The number of nitrogens with zero attached hydrogens (tertiary/aromatic N) is 2. The first-order chi connectivity index (χ1) is 7.74. The van der Waals surface area contributed by atoms with E-state index in [1.165, 1.54) is 16.3 Å². The molecule has 1 aliphatic heterocycles. The van der Waals surface area contributed by atoms with Crippen molar-refractivity contribution in [3.05, 3.63) is 22.0 Å². The molecule has 3 rings (SSSR count). The van der Waals surface area contributed by atoms with Crippen LogP contribution in [0, 0.1) is 13.8 Å². The Morgan fingerprint density at radius 1 is 1.12 bits per heavy atom. The van der Waals surface area contributed by atoms with Gasteiger partial charge in [-0.15, -0.1) is 11.3 Å². The molecule has 0 radical (unpaired) electrons. The van der Waals surface area contributed by atoms with Crippen molar-refractivity contribution in [2.75, 3.05) is 0 Å².